The summed E-state index contributed by atoms with van der Waals surface area (Å²) in [6.45, 7) is 8.85. The minimum absolute atomic E-state index is 0. The van der Waals surface area contributed by atoms with Gasteiger partial charge in [-0.3, -0.25) is 4.98 Å². The number of benzene rings is 2. The third-order valence-corrected chi connectivity index (χ3v) is 4.48. The zero-order valence-electron chi connectivity index (χ0n) is 16.9. The molecule has 3 aromatic rings. The summed E-state index contributed by atoms with van der Waals surface area (Å²) in [5, 5.41) is 9.53. The van der Waals surface area contributed by atoms with Gasteiger partial charge in [-0.1, -0.05) is 27.7 Å². The van der Waals surface area contributed by atoms with Gasteiger partial charge in [0.25, 0.3) is 0 Å². The number of nitriles is 1. The summed E-state index contributed by atoms with van der Waals surface area (Å²) in [4.78, 5) is 4.61. The van der Waals surface area contributed by atoms with Crippen molar-refractivity contribution in [1.82, 2.24) is 9.55 Å². The van der Waals surface area contributed by atoms with Crippen LogP contribution < -0.4 is 0 Å². The molecule has 0 unspecified atom stereocenters. The Balaban J connectivity index is 0.00000280. The van der Waals surface area contributed by atoms with Gasteiger partial charge in [0.1, 0.15) is 0 Å². The monoisotopic (exact) mass is 549 g/mol. The second-order valence-corrected chi connectivity index (χ2v) is 7.85. The maximum atomic E-state index is 9.53. The molecule has 0 aliphatic rings. The Morgan fingerprint density at radius 3 is 2.21 bits per heavy atom. The van der Waals surface area contributed by atoms with Crippen molar-refractivity contribution in [3.63, 3.8) is 0 Å². The smallest absolute Gasteiger partial charge is 0.0991 e. The van der Waals surface area contributed by atoms with E-state index in [-0.39, 0.29) is 20.1 Å². The van der Waals surface area contributed by atoms with Crippen LogP contribution in [0.3, 0.4) is 0 Å². The fourth-order valence-corrected chi connectivity index (χ4v) is 3.54. The molecule has 4 heteroatoms. The summed E-state index contributed by atoms with van der Waals surface area (Å²) in [6.07, 6.45) is 5.70. The number of hydrogen-bond donors (Lipinski definition) is 0. The minimum Gasteiger partial charge on any atom is -0.340 e. The van der Waals surface area contributed by atoms with Crippen molar-refractivity contribution < 1.29 is 20.1 Å². The number of imidazole rings is 1. The normalized spacial score (nSPS) is 10.8. The Hall–Kier alpha value is -2.21. The summed E-state index contributed by atoms with van der Waals surface area (Å²) < 4.78 is 2.17. The molecule has 0 spiro atoms. The van der Waals surface area contributed by atoms with Crippen LogP contribution in [0.5, 0.6) is 0 Å². The van der Waals surface area contributed by atoms with Crippen molar-refractivity contribution >= 4 is 0 Å². The van der Waals surface area contributed by atoms with E-state index < -0.39 is 0 Å². The number of aromatic nitrogens is 2. The van der Waals surface area contributed by atoms with Crippen molar-refractivity contribution in [3.05, 3.63) is 71.5 Å². The van der Waals surface area contributed by atoms with Crippen LogP contribution in [-0.2, 0) is 32.9 Å². The Labute approximate surface area is 181 Å². The standard InChI is InChI=1S/C24H26N3.Ir/c1-17(2)12-21-14-19(16-25)15-22(13-18(3)4)23(21)27-11-10-26-24(27)20-8-6-5-7-9-20;/h5-8,10-11,14-15,17-18H,12-13H2,1-4H3;/q-1;. The second-order valence-electron chi connectivity index (χ2n) is 7.85. The molecule has 0 aliphatic carbocycles. The van der Waals surface area contributed by atoms with Gasteiger partial charge in [0.15, 0.2) is 0 Å². The Morgan fingerprint density at radius 2 is 1.71 bits per heavy atom. The van der Waals surface area contributed by atoms with Crippen LogP contribution in [0.2, 0.25) is 0 Å². The van der Waals surface area contributed by atoms with E-state index in [1.54, 1.807) is 0 Å². The first kappa shape index (κ1) is 22.1. The molecule has 1 aromatic heterocycles. The first-order valence-electron chi connectivity index (χ1n) is 9.56. The molecule has 0 aliphatic heterocycles. The summed E-state index contributed by atoms with van der Waals surface area (Å²) in [5.74, 6) is 1.88. The van der Waals surface area contributed by atoms with Gasteiger partial charge in [0, 0.05) is 38.2 Å². The largest absolute Gasteiger partial charge is 0.340 e. The fraction of sp³-hybridized carbons (Fsp3) is 0.333. The molecule has 2 aromatic carbocycles. The summed E-state index contributed by atoms with van der Waals surface area (Å²) in [6, 6.07) is 17.6. The molecular weight excluding hydrogens is 523 g/mol. The molecule has 28 heavy (non-hydrogen) atoms. The molecule has 1 heterocycles. The molecule has 147 valence electrons. The van der Waals surface area contributed by atoms with Crippen molar-refractivity contribution in [3.8, 4) is 23.1 Å². The van der Waals surface area contributed by atoms with Gasteiger partial charge in [-0.15, -0.1) is 35.9 Å². The third-order valence-electron chi connectivity index (χ3n) is 4.48. The van der Waals surface area contributed by atoms with Crippen molar-refractivity contribution in [2.24, 2.45) is 11.8 Å². The van der Waals surface area contributed by atoms with Crippen LogP contribution in [0.25, 0.3) is 17.1 Å². The predicted octanol–water partition coefficient (Wildman–Crippen LogP) is 5.61. The molecule has 0 fully saturated rings. The van der Waals surface area contributed by atoms with Crippen molar-refractivity contribution in [1.29, 1.82) is 5.26 Å². The topological polar surface area (TPSA) is 41.6 Å². The first-order valence-corrected chi connectivity index (χ1v) is 9.56. The molecule has 0 bridgehead atoms. The summed E-state index contributed by atoms with van der Waals surface area (Å²) in [7, 11) is 0. The van der Waals surface area contributed by atoms with Gasteiger partial charge in [0.05, 0.1) is 17.5 Å². The van der Waals surface area contributed by atoms with Gasteiger partial charge in [-0.25, -0.2) is 0 Å². The molecule has 3 rings (SSSR count). The Kier molecular flexibility index (Phi) is 7.75. The van der Waals surface area contributed by atoms with Crippen molar-refractivity contribution in [2.45, 2.75) is 40.5 Å². The maximum Gasteiger partial charge on any atom is 0.0991 e. The number of rotatable bonds is 6. The molecular formula is C24H26IrN3-. The van der Waals surface area contributed by atoms with Gasteiger partial charge >= 0.3 is 0 Å². The van der Waals surface area contributed by atoms with Crippen LogP contribution in [-0.4, -0.2) is 9.55 Å². The van der Waals surface area contributed by atoms with E-state index in [1.165, 1.54) is 16.8 Å². The second kappa shape index (κ2) is 9.82. The van der Waals surface area contributed by atoms with E-state index in [9.17, 15) is 5.26 Å². The average Bonchev–Trinajstić information content (AvgIpc) is 3.10. The molecule has 3 nitrogen and oxygen atoms in total. The van der Waals surface area contributed by atoms with Crippen molar-refractivity contribution in [2.75, 3.05) is 0 Å². The fourth-order valence-electron chi connectivity index (χ4n) is 3.54. The molecule has 1 radical (unpaired) electrons. The first-order chi connectivity index (χ1) is 13.0. The van der Waals surface area contributed by atoms with E-state index in [1.807, 2.05) is 48.8 Å². The zero-order chi connectivity index (χ0) is 19.4. The SMILES string of the molecule is CC(C)Cc1cc(C#N)cc(CC(C)C)c1-n1ccnc1-c1[c-]cccc1.[Ir]. The van der Waals surface area contributed by atoms with Gasteiger partial charge in [0.2, 0.25) is 0 Å². The van der Waals surface area contributed by atoms with Crippen LogP contribution in [0.1, 0.15) is 44.4 Å². The summed E-state index contributed by atoms with van der Waals surface area (Å²) >= 11 is 0. The molecule has 0 atom stereocenters. The average molecular weight is 549 g/mol. The van der Waals surface area contributed by atoms with Gasteiger partial charge in [-0.05, 0) is 47.9 Å². The van der Waals surface area contributed by atoms with E-state index in [0.29, 0.717) is 11.8 Å². The van der Waals surface area contributed by atoms with E-state index in [2.05, 4.69) is 49.4 Å². The number of nitrogens with zero attached hydrogens (tertiary/aromatic N) is 3. The van der Waals surface area contributed by atoms with Gasteiger partial charge in [-0.2, -0.15) is 5.26 Å². The quantitative estimate of drug-likeness (QED) is 0.376. The minimum atomic E-state index is 0. The van der Waals surface area contributed by atoms with Crippen LogP contribution >= 0.6 is 0 Å². The van der Waals surface area contributed by atoms with Crippen LogP contribution in [0.15, 0.2) is 48.8 Å². The number of hydrogen-bond acceptors (Lipinski definition) is 2. The van der Waals surface area contributed by atoms with E-state index in [0.717, 1.165) is 29.8 Å². The molecule has 0 N–H and O–H groups in total. The zero-order valence-corrected chi connectivity index (χ0v) is 19.3. The maximum absolute atomic E-state index is 9.53. The molecule has 0 saturated heterocycles. The third kappa shape index (κ3) is 4.98. The molecule has 0 amide bonds. The summed E-state index contributed by atoms with van der Waals surface area (Å²) in [5.41, 5.74) is 5.28. The molecule has 0 saturated carbocycles. The van der Waals surface area contributed by atoms with E-state index in [4.69, 9.17) is 0 Å². The Bertz CT molecular complexity index is 918. The van der Waals surface area contributed by atoms with Crippen LogP contribution in [0, 0.1) is 29.2 Å². The van der Waals surface area contributed by atoms with Gasteiger partial charge < -0.3 is 4.57 Å². The predicted molar refractivity (Wildman–Crippen MR) is 110 cm³/mol. The van der Waals surface area contributed by atoms with E-state index >= 15 is 0 Å². The van der Waals surface area contributed by atoms with Crippen LogP contribution in [0.4, 0.5) is 0 Å². The Morgan fingerprint density at radius 1 is 1.07 bits per heavy atom.